The van der Waals surface area contributed by atoms with Gasteiger partial charge in [0.05, 0.1) is 11.3 Å². The van der Waals surface area contributed by atoms with Gasteiger partial charge in [-0.15, -0.1) is 5.10 Å². The van der Waals surface area contributed by atoms with Crippen molar-refractivity contribution in [2.45, 2.75) is 44.4 Å². The summed E-state index contributed by atoms with van der Waals surface area (Å²) in [4.78, 5) is 25.3. The van der Waals surface area contributed by atoms with Crippen LogP contribution >= 0.6 is 0 Å². The average molecular weight is 430 g/mol. The smallest absolute Gasteiger partial charge is 0.475 e. The molecular weight excluding hydrogens is 405 g/mol. The number of aromatic nitrogens is 2. The molecule has 1 aliphatic carbocycles. The summed E-state index contributed by atoms with van der Waals surface area (Å²) in [5.74, 6) is -0.925. The largest absolute Gasteiger partial charge is 0.490 e. The fraction of sp³-hybridized carbons (Fsp3) is 0.684. The van der Waals surface area contributed by atoms with Gasteiger partial charge in [-0.2, -0.15) is 18.3 Å². The van der Waals surface area contributed by atoms with Crippen LogP contribution in [0, 0.1) is 12.8 Å². The Kier molecular flexibility index (Phi) is 6.49. The van der Waals surface area contributed by atoms with Crippen molar-refractivity contribution in [1.29, 1.82) is 0 Å². The number of carboxylic acids is 1. The molecule has 3 heterocycles. The molecule has 8 nitrogen and oxygen atoms in total. The van der Waals surface area contributed by atoms with E-state index in [1.54, 1.807) is 0 Å². The van der Waals surface area contributed by atoms with Crippen LogP contribution in [0.3, 0.4) is 0 Å². The number of alkyl halides is 3. The predicted octanol–water partition coefficient (Wildman–Crippen LogP) is 2.03. The van der Waals surface area contributed by atoms with Gasteiger partial charge in [0.25, 0.3) is 0 Å². The Balaban J connectivity index is 0.000000318. The number of ether oxygens (including phenoxy) is 1. The molecular formula is C19H25F3N4O4. The van der Waals surface area contributed by atoms with Crippen molar-refractivity contribution in [2.24, 2.45) is 5.92 Å². The number of carbonyl (C=O) groups is 2. The van der Waals surface area contributed by atoms with Gasteiger partial charge in [-0.1, -0.05) is 0 Å². The van der Waals surface area contributed by atoms with E-state index in [0.717, 1.165) is 56.5 Å². The minimum Gasteiger partial charge on any atom is -0.475 e. The zero-order chi connectivity index (χ0) is 21.9. The SMILES string of the molecule is Cc1ccc(N2CCC3(CC2)CN(CC2CC2)C(=O)CO3)nn1.O=C(O)C(F)(F)F. The van der Waals surface area contributed by atoms with Gasteiger partial charge in [0.15, 0.2) is 5.82 Å². The van der Waals surface area contributed by atoms with Gasteiger partial charge >= 0.3 is 12.1 Å². The summed E-state index contributed by atoms with van der Waals surface area (Å²) in [7, 11) is 0. The summed E-state index contributed by atoms with van der Waals surface area (Å²) >= 11 is 0. The highest BCUT2D eigenvalue weighted by Crippen LogP contribution is 2.35. The molecule has 11 heteroatoms. The van der Waals surface area contributed by atoms with Crippen LogP contribution in [0.4, 0.5) is 19.0 Å². The minimum atomic E-state index is -5.08. The number of carboxylic acid groups (broad SMARTS) is 1. The molecule has 1 saturated carbocycles. The molecule has 2 aliphatic heterocycles. The second-order valence-electron chi connectivity index (χ2n) is 8.01. The second-order valence-corrected chi connectivity index (χ2v) is 8.01. The molecule has 1 spiro atoms. The summed E-state index contributed by atoms with van der Waals surface area (Å²) in [6, 6.07) is 4.03. The summed E-state index contributed by atoms with van der Waals surface area (Å²) in [6.07, 6.45) is -0.650. The minimum absolute atomic E-state index is 0.155. The van der Waals surface area contributed by atoms with E-state index >= 15 is 0 Å². The number of rotatable bonds is 3. The number of anilines is 1. The average Bonchev–Trinajstić information content (AvgIpc) is 3.50. The van der Waals surface area contributed by atoms with Gasteiger partial charge in [-0.3, -0.25) is 4.79 Å². The lowest BCUT2D eigenvalue weighted by atomic mass is 9.89. The van der Waals surface area contributed by atoms with E-state index < -0.39 is 12.1 Å². The first kappa shape index (κ1) is 22.3. The van der Waals surface area contributed by atoms with Crippen LogP contribution in [0.1, 0.15) is 31.4 Å². The van der Waals surface area contributed by atoms with E-state index in [1.165, 1.54) is 12.8 Å². The molecule has 1 N–H and O–H groups in total. The standard InChI is InChI=1S/C17H24N4O2.C2HF3O2/c1-13-2-5-15(19-18-13)20-8-6-17(7-9-20)12-21(10-14-3-4-14)16(22)11-23-17;3-2(4,5)1(6)7/h2,5,14H,3-4,6-12H2,1H3;(H,6,7). The third kappa shape index (κ3) is 5.80. The highest BCUT2D eigenvalue weighted by molar-refractivity contribution is 5.78. The molecule has 1 aromatic heterocycles. The Morgan fingerprint density at radius 2 is 1.90 bits per heavy atom. The number of halogens is 3. The van der Waals surface area contributed by atoms with Crippen LogP contribution in [0.25, 0.3) is 0 Å². The van der Waals surface area contributed by atoms with Crippen LogP contribution in [0.2, 0.25) is 0 Å². The number of hydrogen-bond acceptors (Lipinski definition) is 6. The Bertz CT molecular complexity index is 760. The Morgan fingerprint density at radius 1 is 1.27 bits per heavy atom. The number of aliphatic carboxylic acids is 1. The first-order valence-electron chi connectivity index (χ1n) is 9.85. The number of piperidine rings is 1. The van der Waals surface area contributed by atoms with Crippen molar-refractivity contribution in [3.63, 3.8) is 0 Å². The number of amides is 1. The van der Waals surface area contributed by atoms with Gasteiger partial charge in [-0.25, -0.2) is 4.79 Å². The number of carbonyl (C=O) groups excluding carboxylic acids is 1. The van der Waals surface area contributed by atoms with Crippen LogP contribution < -0.4 is 4.90 Å². The monoisotopic (exact) mass is 430 g/mol. The number of aryl methyl sites for hydroxylation is 1. The lowest BCUT2D eigenvalue weighted by Crippen LogP contribution is -2.59. The van der Waals surface area contributed by atoms with Crippen molar-refractivity contribution < 1.29 is 32.6 Å². The topological polar surface area (TPSA) is 95.9 Å². The molecule has 2 saturated heterocycles. The van der Waals surface area contributed by atoms with E-state index in [0.29, 0.717) is 0 Å². The molecule has 3 aliphatic rings. The highest BCUT2D eigenvalue weighted by Gasteiger charge is 2.43. The molecule has 4 rings (SSSR count). The molecule has 1 amide bonds. The third-order valence-electron chi connectivity index (χ3n) is 5.53. The third-order valence-corrected chi connectivity index (χ3v) is 5.53. The molecule has 0 radical (unpaired) electrons. The van der Waals surface area contributed by atoms with Crippen LogP contribution in [-0.4, -0.2) is 76.6 Å². The molecule has 166 valence electrons. The summed E-state index contributed by atoms with van der Waals surface area (Å²) in [5.41, 5.74) is 0.782. The van der Waals surface area contributed by atoms with Crippen molar-refractivity contribution in [3.8, 4) is 0 Å². The number of hydrogen-bond donors (Lipinski definition) is 1. The van der Waals surface area contributed by atoms with E-state index in [1.807, 2.05) is 24.0 Å². The molecule has 0 unspecified atom stereocenters. The predicted molar refractivity (Wildman–Crippen MR) is 99.9 cm³/mol. The number of nitrogens with zero attached hydrogens (tertiary/aromatic N) is 4. The van der Waals surface area contributed by atoms with Crippen molar-refractivity contribution in [1.82, 2.24) is 15.1 Å². The van der Waals surface area contributed by atoms with Gasteiger partial charge in [0.2, 0.25) is 5.91 Å². The van der Waals surface area contributed by atoms with Crippen molar-refractivity contribution >= 4 is 17.7 Å². The summed E-state index contributed by atoms with van der Waals surface area (Å²) in [5, 5.41) is 15.5. The molecule has 0 bridgehead atoms. The second kappa shape index (κ2) is 8.75. The van der Waals surface area contributed by atoms with Crippen molar-refractivity contribution in [2.75, 3.05) is 37.7 Å². The van der Waals surface area contributed by atoms with E-state index in [-0.39, 0.29) is 18.1 Å². The quantitative estimate of drug-likeness (QED) is 0.784. The first-order chi connectivity index (χ1) is 14.1. The van der Waals surface area contributed by atoms with Gasteiger partial charge in [0.1, 0.15) is 6.61 Å². The summed E-state index contributed by atoms with van der Waals surface area (Å²) < 4.78 is 37.7. The van der Waals surface area contributed by atoms with E-state index in [4.69, 9.17) is 14.6 Å². The van der Waals surface area contributed by atoms with Gasteiger partial charge in [-0.05, 0) is 50.7 Å². The molecule has 3 fully saturated rings. The lowest BCUT2D eigenvalue weighted by Gasteiger charge is -2.47. The zero-order valence-electron chi connectivity index (χ0n) is 16.7. The normalized spacial score (nSPS) is 21.3. The Hall–Kier alpha value is -2.43. The van der Waals surface area contributed by atoms with Crippen LogP contribution in [0.5, 0.6) is 0 Å². The molecule has 1 aromatic rings. The van der Waals surface area contributed by atoms with Gasteiger partial charge < -0.3 is 19.6 Å². The maximum atomic E-state index is 12.1. The molecule has 0 atom stereocenters. The van der Waals surface area contributed by atoms with Crippen molar-refractivity contribution in [3.05, 3.63) is 17.8 Å². The summed E-state index contributed by atoms with van der Waals surface area (Å²) in [6.45, 7) is 5.69. The zero-order valence-corrected chi connectivity index (χ0v) is 16.7. The molecule has 30 heavy (non-hydrogen) atoms. The lowest BCUT2D eigenvalue weighted by molar-refractivity contribution is -0.192. The highest BCUT2D eigenvalue weighted by atomic mass is 19.4. The van der Waals surface area contributed by atoms with E-state index in [2.05, 4.69) is 15.1 Å². The maximum absolute atomic E-state index is 12.1. The number of morpholine rings is 1. The first-order valence-corrected chi connectivity index (χ1v) is 9.85. The van der Waals surface area contributed by atoms with Crippen LogP contribution in [-0.2, 0) is 14.3 Å². The van der Waals surface area contributed by atoms with Gasteiger partial charge in [0, 0.05) is 26.2 Å². The van der Waals surface area contributed by atoms with E-state index in [9.17, 15) is 18.0 Å². The Labute approximate surface area is 172 Å². The maximum Gasteiger partial charge on any atom is 0.490 e. The molecule has 0 aromatic carbocycles. The van der Waals surface area contributed by atoms with Crippen LogP contribution in [0.15, 0.2) is 12.1 Å². The fourth-order valence-electron chi connectivity index (χ4n) is 3.57. The fourth-order valence-corrected chi connectivity index (χ4v) is 3.57. The Morgan fingerprint density at radius 3 is 2.40 bits per heavy atom.